The number of hydrogen-bond donors (Lipinski definition) is 1. The van der Waals surface area contributed by atoms with Gasteiger partial charge in [-0.2, -0.15) is 0 Å². The van der Waals surface area contributed by atoms with Gasteiger partial charge in [-0.25, -0.2) is 0 Å². The zero-order chi connectivity index (χ0) is 15.9. The highest BCUT2D eigenvalue weighted by Gasteiger charge is 2.31. The van der Waals surface area contributed by atoms with E-state index >= 15 is 0 Å². The van der Waals surface area contributed by atoms with Crippen LogP contribution in [0.15, 0.2) is 84.6 Å². The van der Waals surface area contributed by atoms with Crippen LogP contribution in [0.5, 0.6) is 0 Å². The Morgan fingerprint density at radius 1 is 0.667 bits per heavy atom. The summed E-state index contributed by atoms with van der Waals surface area (Å²) in [6.07, 6.45) is 2.23. The third kappa shape index (κ3) is 2.09. The lowest BCUT2D eigenvalue weighted by Crippen LogP contribution is -2.28. The molecule has 2 aliphatic rings. The molecule has 3 aromatic rings. The van der Waals surface area contributed by atoms with Gasteiger partial charge in [-0.1, -0.05) is 72.8 Å². The molecule has 0 spiro atoms. The molecule has 1 aliphatic carbocycles. The van der Waals surface area contributed by atoms with E-state index in [1.807, 2.05) is 0 Å². The molecule has 1 unspecified atom stereocenters. The Labute approximate surface area is 142 Å². The van der Waals surface area contributed by atoms with Crippen LogP contribution in [0.4, 0.5) is 5.69 Å². The van der Waals surface area contributed by atoms with Gasteiger partial charge in [0.05, 0.1) is 0 Å². The number of rotatable bonds is 1. The predicted molar refractivity (Wildman–Crippen MR) is 99.9 cm³/mol. The molecule has 0 bridgehead atoms. The first-order valence-corrected chi connectivity index (χ1v) is 8.63. The summed E-state index contributed by atoms with van der Waals surface area (Å²) in [6, 6.07) is 28.4. The lowest BCUT2D eigenvalue weighted by molar-refractivity contribution is 0.590. The molecule has 3 aromatic carbocycles. The number of benzene rings is 3. The van der Waals surface area contributed by atoms with Crippen LogP contribution in [0.1, 0.15) is 22.3 Å². The van der Waals surface area contributed by atoms with Crippen LogP contribution in [0, 0.1) is 5.92 Å². The maximum Gasteiger partial charge on any atom is 0.0414 e. The average Bonchev–Trinajstić information content (AvgIpc) is 2.65. The lowest BCUT2D eigenvalue weighted by atomic mass is 9.75. The predicted octanol–water partition coefficient (Wildman–Crippen LogP) is 5.29. The van der Waals surface area contributed by atoms with Crippen LogP contribution >= 0.6 is 0 Å². The summed E-state index contributed by atoms with van der Waals surface area (Å²) < 4.78 is 0. The normalized spacial score (nSPS) is 18.2. The fourth-order valence-electron chi connectivity index (χ4n) is 4.14. The van der Waals surface area contributed by atoms with Crippen LogP contribution in [0.3, 0.4) is 0 Å². The lowest BCUT2D eigenvalue weighted by Gasteiger charge is -2.36. The van der Waals surface area contributed by atoms with E-state index in [4.69, 9.17) is 0 Å². The molecule has 1 N–H and O–H groups in total. The first-order valence-electron chi connectivity index (χ1n) is 8.63. The highest BCUT2D eigenvalue weighted by atomic mass is 14.9. The average molecular weight is 309 g/mol. The maximum atomic E-state index is 3.77. The van der Waals surface area contributed by atoms with Crippen molar-refractivity contribution in [2.45, 2.75) is 12.8 Å². The second-order valence-electron chi connectivity index (χ2n) is 6.70. The van der Waals surface area contributed by atoms with Crippen LogP contribution in [0.25, 0.3) is 5.57 Å². The van der Waals surface area contributed by atoms with Gasteiger partial charge in [0.25, 0.3) is 0 Å². The first kappa shape index (κ1) is 13.6. The summed E-state index contributed by atoms with van der Waals surface area (Å²) in [6.45, 7) is 0. The van der Waals surface area contributed by atoms with Crippen LogP contribution in [-0.2, 0) is 12.8 Å². The number of allylic oxidation sites excluding steroid dienone is 1. The van der Waals surface area contributed by atoms with Crippen molar-refractivity contribution in [3.05, 3.63) is 107 Å². The molecule has 0 saturated heterocycles. The van der Waals surface area contributed by atoms with Crippen molar-refractivity contribution in [2.75, 3.05) is 5.32 Å². The third-order valence-corrected chi connectivity index (χ3v) is 5.25. The van der Waals surface area contributed by atoms with E-state index in [9.17, 15) is 0 Å². The molecular formula is C23H19N. The summed E-state index contributed by atoms with van der Waals surface area (Å²) >= 11 is 0. The van der Waals surface area contributed by atoms with Crippen molar-refractivity contribution in [3.63, 3.8) is 0 Å². The Balaban J connectivity index is 1.76. The molecule has 0 saturated carbocycles. The van der Waals surface area contributed by atoms with E-state index in [-0.39, 0.29) is 0 Å². The van der Waals surface area contributed by atoms with Gasteiger partial charge in [-0.05, 0) is 41.2 Å². The third-order valence-electron chi connectivity index (χ3n) is 5.25. The highest BCUT2D eigenvalue weighted by molar-refractivity contribution is 5.88. The zero-order valence-electron chi connectivity index (χ0n) is 13.5. The van der Waals surface area contributed by atoms with Crippen molar-refractivity contribution in [2.24, 2.45) is 5.92 Å². The molecule has 116 valence electrons. The molecular weight excluding hydrogens is 290 g/mol. The second-order valence-corrected chi connectivity index (χ2v) is 6.70. The summed E-state index contributed by atoms with van der Waals surface area (Å²) in [5.41, 5.74) is 9.59. The second kappa shape index (κ2) is 5.38. The van der Waals surface area contributed by atoms with Crippen LogP contribution in [0.2, 0.25) is 0 Å². The van der Waals surface area contributed by atoms with Crippen molar-refractivity contribution in [1.82, 2.24) is 0 Å². The Bertz CT molecular complexity index is 937. The molecule has 0 fully saturated rings. The Kier molecular flexibility index (Phi) is 3.05. The summed E-state index contributed by atoms with van der Waals surface area (Å²) in [7, 11) is 0. The van der Waals surface area contributed by atoms with Crippen molar-refractivity contribution in [3.8, 4) is 0 Å². The van der Waals surface area contributed by atoms with E-state index < -0.39 is 0 Å². The maximum absolute atomic E-state index is 3.77. The van der Waals surface area contributed by atoms with Crippen molar-refractivity contribution >= 4 is 11.3 Å². The molecule has 0 aromatic heterocycles. The van der Waals surface area contributed by atoms with E-state index in [2.05, 4.69) is 84.2 Å². The minimum Gasteiger partial charge on any atom is -0.358 e. The van der Waals surface area contributed by atoms with E-state index in [1.54, 1.807) is 0 Å². The SMILES string of the molecule is c1ccc(C2=C3Nc4ccccc4CC3Cc3ccccc32)cc1. The minimum absolute atomic E-state index is 0.532. The fraction of sp³-hybridized carbons (Fsp3) is 0.130. The van der Waals surface area contributed by atoms with Crippen LogP contribution < -0.4 is 5.32 Å². The zero-order valence-corrected chi connectivity index (χ0v) is 13.5. The molecule has 1 heterocycles. The van der Waals surface area contributed by atoms with Gasteiger partial charge in [0, 0.05) is 22.9 Å². The van der Waals surface area contributed by atoms with E-state index in [1.165, 1.54) is 39.2 Å². The number of nitrogens with one attached hydrogen (secondary N) is 1. The number of hydrogen-bond acceptors (Lipinski definition) is 1. The van der Waals surface area contributed by atoms with Gasteiger partial charge < -0.3 is 5.32 Å². The largest absolute Gasteiger partial charge is 0.358 e. The summed E-state index contributed by atoms with van der Waals surface area (Å²) in [5, 5.41) is 3.77. The molecule has 1 atom stereocenters. The number of para-hydroxylation sites is 1. The van der Waals surface area contributed by atoms with Gasteiger partial charge in [0.2, 0.25) is 0 Å². The van der Waals surface area contributed by atoms with Gasteiger partial charge in [-0.3, -0.25) is 0 Å². The standard InChI is InChI=1S/C23H19N/c1-2-8-16(9-3-1)22-20-12-6-4-10-17(20)14-19-15-18-11-5-7-13-21(18)24-23(19)22/h1-13,19,24H,14-15H2. The van der Waals surface area contributed by atoms with Crippen molar-refractivity contribution in [1.29, 1.82) is 0 Å². The number of fused-ring (bicyclic) bond motifs is 3. The Morgan fingerprint density at radius 2 is 1.33 bits per heavy atom. The van der Waals surface area contributed by atoms with Gasteiger partial charge in [0.1, 0.15) is 0 Å². The fourth-order valence-corrected chi connectivity index (χ4v) is 4.14. The molecule has 5 rings (SSSR count). The first-order chi connectivity index (χ1) is 11.9. The van der Waals surface area contributed by atoms with Gasteiger partial charge >= 0.3 is 0 Å². The minimum atomic E-state index is 0.532. The molecule has 1 nitrogen and oxygen atoms in total. The molecule has 1 heteroatoms. The Hall–Kier alpha value is -2.80. The highest BCUT2D eigenvalue weighted by Crippen LogP contribution is 2.43. The summed E-state index contributed by atoms with van der Waals surface area (Å²) in [5.74, 6) is 0.532. The summed E-state index contributed by atoms with van der Waals surface area (Å²) in [4.78, 5) is 0. The number of anilines is 1. The monoisotopic (exact) mass is 309 g/mol. The molecule has 0 amide bonds. The van der Waals surface area contributed by atoms with Crippen molar-refractivity contribution < 1.29 is 0 Å². The Morgan fingerprint density at radius 3 is 2.21 bits per heavy atom. The van der Waals surface area contributed by atoms with Gasteiger partial charge in [-0.15, -0.1) is 0 Å². The molecule has 24 heavy (non-hydrogen) atoms. The van der Waals surface area contributed by atoms with Crippen LogP contribution in [-0.4, -0.2) is 0 Å². The smallest absolute Gasteiger partial charge is 0.0414 e. The van der Waals surface area contributed by atoms with E-state index in [0.29, 0.717) is 5.92 Å². The topological polar surface area (TPSA) is 12.0 Å². The van der Waals surface area contributed by atoms with Gasteiger partial charge in [0.15, 0.2) is 0 Å². The quantitative estimate of drug-likeness (QED) is 0.644. The molecule has 0 radical (unpaired) electrons. The molecule has 1 aliphatic heterocycles. The van der Waals surface area contributed by atoms with E-state index in [0.717, 1.165) is 12.8 Å².